The lowest BCUT2D eigenvalue weighted by Crippen LogP contribution is -2.37. The molecule has 0 radical (unpaired) electrons. The first-order valence-electron chi connectivity index (χ1n) is 4.59. The summed E-state index contributed by atoms with van der Waals surface area (Å²) in [6.45, 7) is 5.46. The Hall–Kier alpha value is -0.640. The van der Waals surface area contributed by atoms with Gasteiger partial charge in [-0.05, 0) is 5.92 Å². The maximum Gasteiger partial charge on any atom is 0.342 e. The van der Waals surface area contributed by atoms with E-state index in [0.717, 1.165) is 6.54 Å². The Kier molecular flexibility index (Phi) is 2.91. The number of nitrogens with zero attached hydrogens (tertiary/aromatic N) is 1. The average Bonchev–Trinajstić information content (AvgIpc) is 2.32. The van der Waals surface area contributed by atoms with E-state index in [1.807, 2.05) is 18.7 Å². The highest BCUT2D eigenvalue weighted by molar-refractivity contribution is 5.78. The van der Waals surface area contributed by atoms with Crippen LogP contribution in [-0.2, 0) is 4.79 Å². The van der Waals surface area contributed by atoms with Crippen LogP contribution in [-0.4, -0.2) is 41.3 Å². The first-order chi connectivity index (χ1) is 5.94. The van der Waals surface area contributed by atoms with E-state index in [-0.39, 0.29) is 13.0 Å². The van der Waals surface area contributed by atoms with E-state index in [0.29, 0.717) is 12.5 Å². The highest BCUT2D eigenvalue weighted by Gasteiger charge is 2.45. The van der Waals surface area contributed by atoms with Gasteiger partial charge in [0.2, 0.25) is 5.67 Å². The highest BCUT2D eigenvalue weighted by atomic mass is 19.1. The van der Waals surface area contributed by atoms with Gasteiger partial charge in [-0.3, -0.25) is 4.90 Å². The van der Waals surface area contributed by atoms with Crippen molar-refractivity contribution in [3.8, 4) is 0 Å². The predicted molar refractivity (Wildman–Crippen MR) is 47.4 cm³/mol. The Morgan fingerprint density at radius 3 is 2.69 bits per heavy atom. The van der Waals surface area contributed by atoms with E-state index in [1.165, 1.54) is 0 Å². The SMILES string of the molecule is CC(C)CN1CCC(F)(C(=O)O)C1. The number of hydrogen-bond acceptors (Lipinski definition) is 2. The van der Waals surface area contributed by atoms with Crippen LogP contribution in [0.4, 0.5) is 4.39 Å². The summed E-state index contributed by atoms with van der Waals surface area (Å²) in [5, 5.41) is 8.62. The molecular formula is C9H16FNO2. The summed E-state index contributed by atoms with van der Waals surface area (Å²) < 4.78 is 13.5. The van der Waals surface area contributed by atoms with E-state index in [4.69, 9.17) is 5.11 Å². The van der Waals surface area contributed by atoms with Gasteiger partial charge >= 0.3 is 5.97 Å². The summed E-state index contributed by atoms with van der Waals surface area (Å²) in [6, 6.07) is 0. The zero-order chi connectivity index (χ0) is 10.1. The molecule has 0 aromatic heterocycles. The van der Waals surface area contributed by atoms with Crippen molar-refractivity contribution < 1.29 is 14.3 Å². The van der Waals surface area contributed by atoms with Crippen molar-refractivity contribution in [2.24, 2.45) is 5.92 Å². The molecule has 1 heterocycles. The lowest BCUT2D eigenvalue weighted by molar-refractivity contribution is -0.149. The first-order valence-corrected chi connectivity index (χ1v) is 4.59. The number of aliphatic carboxylic acids is 1. The van der Waals surface area contributed by atoms with Crippen LogP contribution in [0.2, 0.25) is 0 Å². The number of likely N-dealkylation sites (tertiary alicyclic amines) is 1. The Morgan fingerprint density at radius 1 is 1.69 bits per heavy atom. The van der Waals surface area contributed by atoms with Gasteiger partial charge in [0, 0.05) is 26.1 Å². The van der Waals surface area contributed by atoms with Gasteiger partial charge < -0.3 is 5.11 Å². The van der Waals surface area contributed by atoms with Crippen molar-refractivity contribution in [1.82, 2.24) is 4.90 Å². The van der Waals surface area contributed by atoms with E-state index < -0.39 is 11.6 Å². The second kappa shape index (κ2) is 3.62. The van der Waals surface area contributed by atoms with Crippen molar-refractivity contribution in [2.75, 3.05) is 19.6 Å². The van der Waals surface area contributed by atoms with Gasteiger partial charge in [-0.25, -0.2) is 9.18 Å². The molecule has 76 valence electrons. The summed E-state index contributed by atoms with van der Waals surface area (Å²) in [7, 11) is 0. The zero-order valence-electron chi connectivity index (χ0n) is 8.09. The van der Waals surface area contributed by atoms with E-state index in [2.05, 4.69) is 0 Å². The smallest absolute Gasteiger partial charge is 0.342 e. The number of carbonyl (C=O) groups is 1. The molecule has 1 rings (SSSR count). The normalized spacial score (nSPS) is 29.8. The Morgan fingerprint density at radius 2 is 2.31 bits per heavy atom. The van der Waals surface area contributed by atoms with Gasteiger partial charge in [0.05, 0.1) is 0 Å². The number of rotatable bonds is 3. The third-order valence-corrected chi connectivity index (χ3v) is 2.31. The summed E-state index contributed by atoms with van der Waals surface area (Å²) >= 11 is 0. The molecule has 0 bridgehead atoms. The Balaban J connectivity index is 2.48. The second-order valence-electron chi connectivity index (χ2n) is 4.15. The molecule has 1 unspecified atom stereocenters. The van der Waals surface area contributed by atoms with Crippen LogP contribution in [0.25, 0.3) is 0 Å². The number of alkyl halides is 1. The van der Waals surface area contributed by atoms with E-state index in [9.17, 15) is 9.18 Å². The molecule has 0 aromatic carbocycles. The van der Waals surface area contributed by atoms with Crippen molar-refractivity contribution in [3.63, 3.8) is 0 Å². The molecule has 0 spiro atoms. The van der Waals surface area contributed by atoms with Gasteiger partial charge in [0.15, 0.2) is 0 Å². The fraction of sp³-hybridized carbons (Fsp3) is 0.889. The van der Waals surface area contributed by atoms with Crippen molar-refractivity contribution in [2.45, 2.75) is 25.9 Å². The molecule has 1 atom stereocenters. The maximum atomic E-state index is 13.5. The molecule has 0 aromatic rings. The van der Waals surface area contributed by atoms with Crippen LogP contribution >= 0.6 is 0 Å². The summed E-state index contributed by atoms with van der Waals surface area (Å²) in [6.07, 6.45) is 0.120. The van der Waals surface area contributed by atoms with Gasteiger partial charge in [-0.1, -0.05) is 13.8 Å². The molecular weight excluding hydrogens is 173 g/mol. The van der Waals surface area contributed by atoms with Crippen molar-refractivity contribution in [1.29, 1.82) is 0 Å². The molecule has 1 saturated heterocycles. The Labute approximate surface area is 77.5 Å². The molecule has 13 heavy (non-hydrogen) atoms. The molecule has 0 aliphatic carbocycles. The monoisotopic (exact) mass is 189 g/mol. The second-order valence-corrected chi connectivity index (χ2v) is 4.15. The molecule has 1 fully saturated rings. The lowest BCUT2D eigenvalue weighted by Gasteiger charge is -2.18. The topological polar surface area (TPSA) is 40.5 Å². The predicted octanol–water partition coefficient (Wildman–Crippen LogP) is 1.14. The molecule has 1 N–H and O–H groups in total. The van der Waals surface area contributed by atoms with Crippen LogP contribution in [0.1, 0.15) is 20.3 Å². The van der Waals surface area contributed by atoms with Crippen LogP contribution in [0, 0.1) is 5.92 Å². The quantitative estimate of drug-likeness (QED) is 0.723. The fourth-order valence-corrected chi connectivity index (χ4v) is 1.69. The van der Waals surface area contributed by atoms with E-state index >= 15 is 0 Å². The van der Waals surface area contributed by atoms with Gasteiger partial charge in [0.25, 0.3) is 0 Å². The molecule has 1 aliphatic heterocycles. The zero-order valence-corrected chi connectivity index (χ0v) is 8.09. The number of carboxylic acids is 1. The van der Waals surface area contributed by atoms with Crippen LogP contribution < -0.4 is 0 Å². The summed E-state index contributed by atoms with van der Waals surface area (Å²) in [4.78, 5) is 12.4. The summed E-state index contributed by atoms with van der Waals surface area (Å²) in [5.74, 6) is -0.866. The largest absolute Gasteiger partial charge is 0.479 e. The molecule has 1 aliphatic rings. The molecule has 0 amide bonds. The molecule has 4 heteroatoms. The number of carboxylic acid groups (broad SMARTS) is 1. The van der Waals surface area contributed by atoms with Crippen LogP contribution in [0.5, 0.6) is 0 Å². The van der Waals surface area contributed by atoms with Crippen molar-refractivity contribution >= 4 is 5.97 Å². The Bertz CT molecular complexity index is 208. The first kappa shape index (κ1) is 10.4. The van der Waals surface area contributed by atoms with E-state index in [1.54, 1.807) is 0 Å². The minimum absolute atomic E-state index is 0.0422. The minimum Gasteiger partial charge on any atom is -0.479 e. The molecule has 0 saturated carbocycles. The number of hydrogen-bond donors (Lipinski definition) is 1. The third kappa shape index (κ3) is 2.40. The number of halogens is 1. The minimum atomic E-state index is -2.01. The molecule has 3 nitrogen and oxygen atoms in total. The van der Waals surface area contributed by atoms with Gasteiger partial charge in [-0.15, -0.1) is 0 Å². The van der Waals surface area contributed by atoms with Gasteiger partial charge in [0.1, 0.15) is 0 Å². The van der Waals surface area contributed by atoms with Crippen molar-refractivity contribution in [3.05, 3.63) is 0 Å². The fourth-order valence-electron chi connectivity index (χ4n) is 1.69. The highest BCUT2D eigenvalue weighted by Crippen LogP contribution is 2.26. The lowest BCUT2D eigenvalue weighted by atomic mass is 10.1. The standard InChI is InChI=1S/C9H16FNO2/c1-7(2)5-11-4-3-9(10,6-11)8(12)13/h7H,3-6H2,1-2H3,(H,12,13). The maximum absolute atomic E-state index is 13.5. The van der Waals surface area contributed by atoms with Crippen LogP contribution in [0.15, 0.2) is 0 Å². The van der Waals surface area contributed by atoms with Gasteiger partial charge in [-0.2, -0.15) is 0 Å². The average molecular weight is 189 g/mol. The third-order valence-electron chi connectivity index (χ3n) is 2.31. The summed E-state index contributed by atoms with van der Waals surface area (Å²) in [5.41, 5.74) is -2.01. The van der Waals surface area contributed by atoms with Crippen LogP contribution in [0.3, 0.4) is 0 Å².